The second kappa shape index (κ2) is 12.4. The van der Waals surface area contributed by atoms with E-state index in [0.29, 0.717) is 38.6 Å². The fourth-order valence-electron chi connectivity index (χ4n) is 5.51. The lowest BCUT2D eigenvalue weighted by Crippen LogP contribution is -2.50. The quantitative estimate of drug-likeness (QED) is 0.232. The summed E-state index contributed by atoms with van der Waals surface area (Å²) in [7, 11) is 0. The van der Waals surface area contributed by atoms with Gasteiger partial charge in [0.25, 0.3) is 0 Å². The molecule has 11 heteroatoms. The van der Waals surface area contributed by atoms with E-state index in [0.717, 1.165) is 50.0 Å². The molecule has 3 N–H and O–H groups in total. The van der Waals surface area contributed by atoms with Gasteiger partial charge in [-0.2, -0.15) is 0 Å². The number of esters is 1. The van der Waals surface area contributed by atoms with Gasteiger partial charge in [-0.15, -0.1) is 0 Å². The lowest BCUT2D eigenvalue weighted by atomic mass is 10.0. The van der Waals surface area contributed by atoms with Gasteiger partial charge in [-0.1, -0.05) is 24.3 Å². The highest BCUT2D eigenvalue weighted by Gasteiger charge is 2.26. The van der Waals surface area contributed by atoms with Crippen molar-refractivity contribution in [2.24, 2.45) is 0 Å². The first kappa shape index (κ1) is 29.9. The molecule has 0 atom stereocenters. The van der Waals surface area contributed by atoms with E-state index in [-0.39, 0.29) is 18.5 Å². The van der Waals surface area contributed by atoms with Crippen LogP contribution in [0, 0.1) is 0 Å². The highest BCUT2D eigenvalue weighted by Crippen LogP contribution is 2.34. The highest BCUT2D eigenvalue weighted by atomic mass is 16.6. The molecular formula is C34H38N7O4+. The molecule has 0 bridgehead atoms. The summed E-state index contributed by atoms with van der Waals surface area (Å²) in [4.78, 5) is 44.3. The Kier molecular flexibility index (Phi) is 8.25. The molecule has 0 saturated carbocycles. The van der Waals surface area contributed by atoms with Crippen LogP contribution in [0.1, 0.15) is 33.3 Å². The summed E-state index contributed by atoms with van der Waals surface area (Å²) in [6.45, 7) is 10.4. The summed E-state index contributed by atoms with van der Waals surface area (Å²) in [5.74, 6) is 0.476. The molecule has 6 rings (SSSR count). The molecule has 1 saturated heterocycles. The van der Waals surface area contributed by atoms with Crippen molar-refractivity contribution in [2.45, 2.75) is 39.7 Å². The zero-order valence-corrected chi connectivity index (χ0v) is 26.0. The number of nitrogens with one attached hydrogen (secondary N) is 3. The molecule has 1 fully saturated rings. The Labute approximate surface area is 261 Å². The van der Waals surface area contributed by atoms with Crippen LogP contribution in [0.15, 0.2) is 67.3 Å². The zero-order chi connectivity index (χ0) is 31.6. The van der Waals surface area contributed by atoms with Crippen molar-refractivity contribution in [1.82, 2.24) is 19.9 Å². The first-order valence-corrected chi connectivity index (χ1v) is 15.2. The number of rotatable bonds is 7. The van der Waals surface area contributed by atoms with E-state index in [2.05, 4.69) is 36.2 Å². The average Bonchev–Trinajstić information content (AvgIpc) is 3.39. The Hall–Kier alpha value is -5.19. The van der Waals surface area contributed by atoms with Gasteiger partial charge in [0.2, 0.25) is 0 Å². The standard InChI is InChI=1S/C34H37N7O4/c1-5-44-30(42)16-22-6-8-23(9-7-22)27-20-35-21-28-31(27)26-17-24(18-37-32(26)39-28)38-29-11-10-25(19-36-29)40-12-14-41(15-13-40)33(43)45-34(2,3)4/h6-11,17-21H,5,12-16H2,1-4H3,(H,36,38)(H,37,39)/p+1. The Morgan fingerprint density at radius 2 is 1.78 bits per heavy atom. The topological polar surface area (TPSA) is 127 Å². The van der Waals surface area contributed by atoms with Gasteiger partial charge in [0.15, 0.2) is 12.4 Å². The minimum atomic E-state index is -0.504. The summed E-state index contributed by atoms with van der Waals surface area (Å²) < 4.78 is 10.6. The molecule has 5 heterocycles. The number of aromatic nitrogens is 4. The van der Waals surface area contributed by atoms with Gasteiger partial charge in [-0.05, 0) is 57.0 Å². The number of aromatic amines is 2. The molecule has 1 aromatic carbocycles. The van der Waals surface area contributed by atoms with Crippen molar-refractivity contribution in [3.8, 4) is 11.1 Å². The van der Waals surface area contributed by atoms with Crippen molar-refractivity contribution in [1.29, 1.82) is 0 Å². The second-order valence-electron chi connectivity index (χ2n) is 12.1. The van der Waals surface area contributed by atoms with Crippen LogP contribution in [0.2, 0.25) is 0 Å². The van der Waals surface area contributed by atoms with Crippen LogP contribution >= 0.6 is 0 Å². The monoisotopic (exact) mass is 608 g/mol. The van der Waals surface area contributed by atoms with Crippen LogP contribution in [-0.4, -0.2) is 70.3 Å². The summed E-state index contributed by atoms with van der Waals surface area (Å²) in [5.41, 5.74) is 5.99. The summed E-state index contributed by atoms with van der Waals surface area (Å²) in [6.07, 6.45) is 7.52. The molecule has 11 nitrogen and oxygen atoms in total. The van der Waals surface area contributed by atoms with Crippen LogP contribution in [0.4, 0.5) is 22.0 Å². The average molecular weight is 609 g/mol. The van der Waals surface area contributed by atoms with Crippen molar-refractivity contribution in [3.05, 3.63) is 72.8 Å². The van der Waals surface area contributed by atoms with E-state index < -0.39 is 5.60 Å². The van der Waals surface area contributed by atoms with E-state index >= 15 is 0 Å². The number of pyridine rings is 3. The normalized spacial score (nSPS) is 13.7. The van der Waals surface area contributed by atoms with Gasteiger partial charge in [0.1, 0.15) is 22.6 Å². The molecule has 1 aliphatic heterocycles. The number of H-pyrrole nitrogens is 2. The van der Waals surface area contributed by atoms with E-state index in [1.807, 2.05) is 82.7 Å². The number of nitrogens with zero attached hydrogens (tertiary/aromatic N) is 4. The van der Waals surface area contributed by atoms with Gasteiger partial charge in [0.05, 0.1) is 42.4 Å². The number of carbonyl (C=O) groups is 2. The number of ether oxygens (including phenoxy) is 2. The second-order valence-corrected chi connectivity index (χ2v) is 12.1. The summed E-state index contributed by atoms with van der Waals surface area (Å²) in [5, 5.41) is 5.42. The van der Waals surface area contributed by atoms with Crippen LogP contribution < -0.4 is 15.2 Å². The largest absolute Gasteiger partial charge is 0.466 e. The van der Waals surface area contributed by atoms with E-state index in [1.165, 1.54) is 0 Å². The molecule has 1 aliphatic rings. The molecular weight excluding hydrogens is 570 g/mol. The van der Waals surface area contributed by atoms with Crippen LogP contribution in [0.5, 0.6) is 0 Å². The van der Waals surface area contributed by atoms with Crippen molar-refractivity contribution >= 4 is 51.2 Å². The molecule has 4 aromatic heterocycles. The SMILES string of the molecule is CCOC(=O)Cc1ccc(-c2c[nH+]cc3[nH]c4ncc(Nc5ccc(N6CCN(C(=O)OC(C)(C)C)CC6)cn5)cc4c23)cc1. The van der Waals surface area contributed by atoms with Crippen molar-refractivity contribution < 1.29 is 24.0 Å². The molecule has 0 radical (unpaired) electrons. The predicted molar refractivity (Wildman–Crippen MR) is 173 cm³/mol. The molecule has 5 aromatic rings. The maximum atomic E-state index is 12.4. The van der Waals surface area contributed by atoms with E-state index in [4.69, 9.17) is 9.47 Å². The van der Waals surface area contributed by atoms with Crippen molar-refractivity contribution in [3.63, 3.8) is 0 Å². The number of hydrogen-bond donors (Lipinski definition) is 2. The Morgan fingerprint density at radius 3 is 2.47 bits per heavy atom. The number of fused-ring (bicyclic) bond motifs is 3. The minimum Gasteiger partial charge on any atom is -0.466 e. The maximum Gasteiger partial charge on any atom is 0.410 e. The van der Waals surface area contributed by atoms with Gasteiger partial charge in [0, 0.05) is 37.0 Å². The predicted octanol–water partition coefficient (Wildman–Crippen LogP) is 5.50. The fourth-order valence-corrected chi connectivity index (χ4v) is 5.51. The molecule has 0 unspecified atom stereocenters. The van der Waals surface area contributed by atoms with E-state index in [9.17, 15) is 9.59 Å². The smallest absolute Gasteiger partial charge is 0.410 e. The lowest BCUT2D eigenvalue weighted by Gasteiger charge is -2.36. The molecule has 232 valence electrons. The minimum absolute atomic E-state index is 0.231. The molecule has 0 spiro atoms. The van der Waals surface area contributed by atoms with Gasteiger partial charge < -0.3 is 29.6 Å². The van der Waals surface area contributed by atoms with Crippen LogP contribution in [-0.2, 0) is 20.7 Å². The van der Waals surface area contributed by atoms with Crippen LogP contribution in [0.3, 0.4) is 0 Å². The number of carbonyl (C=O) groups excluding carboxylic acids is 2. The van der Waals surface area contributed by atoms with Gasteiger partial charge >= 0.3 is 12.1 Å². The van der Waals surface area contributed by atoms with E-state index in [1.54, 1.807) is 11.1 Å². The Morgan fingerprint density at radius 1 is 1.00 bits per heavy atom. The third-order valence-electron chi connectivity index (χ3n) is 7.64. The molecule has 1 amide bonds. The summed E-state index contributed by atoms with van der Waals surface area (Å²) in [6, 6.07) is 14.0. The number of benzene rings is 1. The fraction of sp³-hybridized carbons (Fsp3) is 0.324. The third kappa shape index (κ3) is 6.82. The Balaban J connectivity index is 1.17. The summed E-state index contributed by atoms with van der Waals surface area (Å²) >= 11 is 0. The van der Waals surface area contributed by atoms with Crippen molar-refractivity contribution in [2.75, 3.05) is 43.0 Å². The highest BCUT2D eigenvalue weighted by molar-refractivity contribution is 6.13. The third-order valence-corrected chi connectivity index (χ3v) is 7.64. The van der Waals surface area contributed by atoms with Crippen LogP contribution in [0.25, 0.3) is 33.1 Å². The first-order chi connectivity index (χ1) is 21.7. The Bertz CT molecular complexity index is 1820. The number of hydrogen-bond acceptors (Lipinski definition) is 8. The van der Waals surface area contributed by atoms with Gasteiger partial charge in [-0.25, -0.2) is 19.7 Å². The van der Waals surface area contributed by atoms with Gasteiger partial charge in [-0.3, -0.25) is 4.79 Å². The zero-order valence-electron chi connectivity index (χ0n) is 26.0. The first-order valence-electron chi connectivity index (χ1n) is 15.2. The number of anilines is 3. The maximum absolute atomic E-state index is 12.4. The molecule has 45 heavy (non-hydrogen) atoms. The molecule has 0 aliphatic carbocycles. The number of piperazine rings is 1. The lowest BCUT2D eigenvalue weighted by molar-refractivity contribution is -0.375. The number of amides is 1.